The maximum atomic E-state index is 10.2. The number of hydrogen-bond donors (Lipinski definition) is 1. The lowest BCUT2D eigenvalue weighted by Gasteiger charge is -2.08. The van der Waals surface area contributed by atoms with E-state index in [1.54, 1.807) is 23.1 Å². The molecule has 0 aliphatic rings. The molecule has 0 aliphatic heterocycles. The van der Waals surface area contributed by atoms with Crippen LogP contribution in [0.5, 0.6) is 0 Å². The third-order valence-corrected chi connectivity index (χ3v) is 3.87. The Bertz CT molecular complexity index is 535. The van der Waals surface area contributed by atoms with Crippen molar-refractivity contribution in [2.75, 3.05) is 0 Å². The fraction of sp³-hybridized carbons (Fsp3) is 0.455. The summed E-state index contributed by atoms with van der Waals surface area (Å²) in [5.41, 5.74) is 2.34. The van der Waals surface area contributed by atoms with E-state index in [4.69, 9.17) is 11.6 Å². The van der Waals surface area contributed by atoms with E-state index >= 15 is 0 Å². The number of rotatable bonds is 3. The number of halogens is 1. The minimum atomic E-state index is -0.655. The highest BCUT2D eigenvalue weighted by Gasteiger charge is 2.20. The molecule has 2 rings (SSSR count). The second-order valence-electron chi connectivity index (χ2n) is 3.99. The summed E-state index contributed by atoms with van der Waals surface area (Å²) in [7, 11) is 1.76. The Labute approximate surface area is 109 Å². The van der Waals surface area contributed by atoms with Gasteiger partial charge in [-0.3, -0.25) is 4.68 Å². The van der Waals surface area contributed by atoms with Crippen molar-refractivity contribution in [2.24, 2.45) is 7.05 Å². The summed E-state index contributed by atoms with van der Waals surface area (Å²) in [5, 5.41) is 17.8. The highest BCUT2D eigenvalue weighted by Crippen LogP contribution is 2.28. The van der Waals surface area contributed by atoms with Gasteiger partial charge in [0.15, 0.2) is 0 Å². The molecule has 17 heavy (non-hydrogen) atoms. The summed E-state index contributed by atoms with van der Waals surface area (Å²) in [6.45, 7) is 3.79. The second-order valence-corrected chi connectivity index (χ2v) is 5.41. The van der Waals surface area contributed by atoms with Crippen molar-refractivity contribution < 1.29 is 5.11 Å². The predicted octanol–water partition coefficient (Wildman–Crippen LogP) is 2.42. The summed E-state index contributed by atoms with van der Waals surface area (Å²) in [5.74, 6) is 0. The van der Waals surface area contributed by atoms with Gasteiger partial charge in [0, 0.05) is 24.4 Å². The lowest BCUT2D eigenvalue weighted by Crippen LogP contribution is -2.03. The number of aryl methyl sites for hydroxylation is 3. The van der Waals surface area contributed by atoms with E-state index < -0.39 is 6.10 Å². The van der Waals surface area contributed by atoms with Crippen LogP contribution in [-0.2, 0) is 13.5 Å². The van der Waals surface area contributed by atoms with Crippen LogP contribution in [0, 0.1) is 13.8 Å². The van der Waals surface area contributed by atoms with E-state index in [0.29, 0.717) is 17.1 Å². The SMILES string of the molecule is Cc1nc(CC(O)c2c(C)nn(C)c2Cl)cs1. The van der Waals surface area contributed by atoms with Gasteiger partial charge in [-0.25, -0.2) is 4.98 Å². The van der Waals surface area contributed by atoms with E-state index in [1.807, 2.05) is 19.2 Å². The van der Waals surface area contributed by atoms with Gasteiger partial charge in [-0.05, 0) is 13.8 Å². The van der Waals surface area contributed by atoms with Crippen molar-refractivity contribution in [2.45, 2.75) is 26.4 Å². The van der Waals surface area contributed by atoms with Gasteiger partial charge in [-0.2, -0.15) is 5.10 Å². The number of hydrogen-bond acceptors (Lipinski definition) is 4. The number of aliphatic hydroxyl groups is 1. The summed E-state index contributed by atoms with van der Waals surface area (Å²) in [4.78, 5) is 4.33. The van der Waals surface area contributed by atoms with Crippen LogP contribution >= 0.6 is 22.9 Å². The zero-order valence-electron chi connectivity index (χ0n) is 9.94. The number of nitrogens with zero attached hydrogens (tertiary/aromatic N) is 3. The van der Waals surface area contributed by atoms with E-state index in [2.05, 4.69) is 10.1 Å². The first-order valence-corrected chi connectivity index (χ1v) is 6.53. The first-order valence-electron chi connectivity index (χ1n) is 5.27. The molecular weight excluding hydrogens is 258 g/mol. The average molecular weight is 272 g/mol. The van der Waals surface area contributed by atoms with Crippen LogP contribution in [0.15, 0.2) is 5.38 Å². The number of thiazole rings is 1. The Morgan fingerprint density at radius 3 is 2.71 bits per heavy atom. The molecule has 92 valence electrons. The van der Waals surface area contributed by atoms with Gasteiger partial charge in [-0.1, -0.05) is 11.6 Å². The molecule has 0 amide bonds. The molecule has 1 unspecified atom stereocenters. The fourth-order valence-electron chi connectivity index (χ4n) is 1.83. The summed E-state index contributed by atoms with van der Waals surface area (Å²) >= 11 is 7.68. The van der Waals surface area contributed by atoms with Crippen molar-refractivity contribution in [1.82, 2.24) is 14.8 Å². The molecule has 0 saturated heterocycles. The summed E-state index contributed by atoms with van der Waals surface area (Å²) in [6.07, 6.45) is -0.186. The van der Waals surface area contributed by atoms with E-state index in [-0.39, 0.29) is 0 Å². The maximum Gasteiger partial charge on any atom is 0.132 e. The maximum absolute atomic E-state index is 10.2. The molecular formula is C11H14ClN3OS. The summed E-state index contributed by atoms with van der Waals surface area (Å²) < 4.78 is 1.57. The van der Waals surface area contributed by atoms with Crippen LogP contribution in [0.25, 0.3) is 0 Å². The Kier molecular flexibility index (Phi) is 3.51. The molecule has 0 radical (unpaired) electrons. The molecule has 1 N–H and O–H groups in total. The molecule has 0 aromatic carbocycles. The molecule has 1 atom stereocenters. The van der Waals surface area contributed by atoms with E-state index in [0.717, 1.165) is 16.4 Å². The quantitative estimate of drug-likeness (QED) is 0.933. The normalized spacial score (nSPS) is 13.0. The monoisotopic (exact) mass is 271 g/mol. The number of aromatic nitrogens is 3. The van der Waals surface area contributed by atoms with Crippen molar-refractivity contribution >= 4 is 22.9 Å². The van der Waals surface area contributed by atoms with Gasteiger partial charge in [0.05, 0.1) is 22.5 Å². The minimum Gasteiger partial charge on any atom is -0.388 e. The molecule has 0 spiro atoms. The smallest absolute Gasteiger partial charge is 0.132 e. The Morgan fingerprint density at radius 2 is 2.24 bits per heavy atom. The molecule has 6 heteroatoms. The van der Waals surface area contributed by atoms with Crippen LogP contribution in [0.3, 0.4) is 0 Å². The van der Waals surface area contributed by atoms with Crippen LogP contribution < -0.4 is 0 Å². The van der Waals surface area contributed by atoms with Crippen molar-refractivity contribution in [3.63, 3.8) is 0 Å². The first kappa shape index (κ1) is 12.5. The first-order chi connectivity index (χ1) is 7.99. The molecule has 0 fully saturated rings. The molecule has 2 heterocycles. The minimum absolute atomic E-state index is 0.469. The molecule has 0 aliphatic carbocycles. The molecule has 0 saturated carbocycles. The van der Waals surface area contributed by atoms with Crippen molar-refractivity contribution in [1.29, 1.82) is 0 Å². The van der Waals surface area contributed by atoms with Gasteiger partial charge in [0.2, 0.25) is 0 Å². The largest absolute Gasteiger partial charge is 0.388 e. The van der Waals surface area contributed by atoms with Crippen molar-refractivity contribution in [3.05, 3.63) is 32.5 Å². The predicted molar refractivity (Wildman–Crippen MR) is 68.5 cm³/mol. The van der Waals surface area contributed by atoms with E-state index in [1.165, 1.54) is 0 Å². The van der Waals surface area contributed by atoms with Gasteiger partial charge >= 0.3 is 0 Å². The lowest BCUT2D eigenvalue weighted by atomic mass is 10.1. The lowest BCUT2D eigenvalue weighted by molar-refractivity contribution is 0.176. The van der Waals surface area contributed by atoms with Gasteiger partial charge in [0.25, 0.3) is 0 Å². The zero-order valence-corrected chi connectivity index (χ0v) is 11.5. The molecule has 2 aromatic rings. The third kappa shape index (κ3) is 2.51. The van der Waals surface area contributed by atoms with Crippen LogP contribution in [0.2, 0.25) is 5.15 Å². The van der Waals surface area contributed by atoms with Gasteiger partial charge in [-0.15, -0.1) is 11.3 Å². The van der Waals surface area contributed by atoms with Crippen LogP contribution in [0.4, 0.5) is 0 Å². The van der Waals surface area contributed by atoms with Gasteiger partial charge in [0.1, 0.15) is 5.15 Å². The standard InChI is InChI=1S/C11H14ClN3OS/c1-6-10(11(12)15(3)14-6)9(16)4-8-5-17-7(2)13-8/h5,9,16H,4H2,1-3H3. The van der Waals surface area contributed by atoms with Crippen LogP contribution in [0.1, 0.15) is 28.1 Å². The number of aliphatic hydroxyl groups excluding tert-OH is 1. The Hall–Kier alpha value is -0.910. The topological polar surface area (TPSA) is 50.9 Å². The van der Waals surface area contributed by atoms with Gasteiger partial charge < -0.3 is 5.11 Å². The Balaban J connectivity index is 2.22. The van der Waals surface area contributed by atoms with Crippen LogP contribution in [-0.4, -0.2) is 19.9 Å². The average Bonchev–Trinajstić information content (AvgIpc) is 2.73. The highest BCUT2D eigenvalue weighted by atomic mass is 35.5. The Morgan fingerprint density at radius 1 is 1.53 bits per heavy atom. The molecule has 2 aromatic heterocycles. The van der Waals surface area contributed by atoms with Crippen molar-refractivity contribution in [3.8, 4) is 0 Å². The van der Waals surface area contributed by atoms with E-state index in [9.17, 15) is 5.11 Å². The molecule has 0 bridgehead atoms. The fourth-order valence-corrected chi connectivity index (χ4v) is 2.75. The highest BCUT2D eigenvalue weighted by molar-refractivity contribution is 7.09. The second kappa shape index (κ2) is 4.76. The zero-order chi connectivity index (χ0) is 12.6. The summed E-state index contributed by atoms with van der Waals surface area (Å²) in [6, 6.07) is 0. The third-order valence-electron chi connectivity index (χ3n) is 2.60. The molecule has 4 nitrogen and oxygen atoms in total.